The predicted molar refractivity (Wildman–Crippen MR) is 72.0 cm³/mol. The Bertz CT molecular complexity index is 436. The van der Waals surface area contributed by atoms with Crippen molar-refractivity contribution in [2.45, 2.75) is 44.1 Å². The highest BCUT2D eigenvalue weighted by Gasteiger charge is 2.29. The number of aromatic amines is 1. The fourth-order valence-electron chi connectivity index (χ4n) is 1.70. The maximum atomic E-state index is 11.3. The SMILES string of the molecule is CC(N)C(Sc1nc(N)cc(=O)[nH]1)C(C)(C)C. The maximum absolute atomic E-state index is 11.3. The lowest BCUT2D eigenvalue weighted by atomic mass is 9.88. The molecule has 1 aromatic rings. The number of nitrogens with two attached hydrogens (primary N) is 2. The zero-order valence-electron chi connectivity index (χ0n) is 10.7. The summed E-state index contributed by atoms with van der Waals surface area (Å²) < 4.78 is 0. The standard InChI is InChI=1S/C11H20N4OS/c1-6(12)9(11(2,3)4)17-10-14-7(13)5-8(16)15-10/h5-6,9H,12H2,1-4H3,(H3,13,14,15,16). The van der Waals surface area contributed by atoms with Crippen LogP contribution in [0.25, 0.3) is 0 Å². The van der Waals surface area contributed by atoms with Gasteiger partial charge in [-0.1, -0.05) is 32.5 Å². The van der Waals surface area contributed by atoms with E-state index in [4.69, 9.17) is 11.5 Å². The van der Waals surface area contributed by atoms with E-state index >= 15 is 0 Å². The molecule has 0 saturated heterocycles. The van der Waals surface area contributed by atoms with Crippen molar-refractivity contribution in [1.82, 2.24) is 9.97 Å². The summed E-state index contributed by atoms with van der Waals surface area (Å²) in [6.07, 6.45) is 0. The van der Waals surface area contributed by atoms with E-state index < -0.39 is 0 Å². The van der Waals surface area contributed by atoms with E-state index in [0.29, 0.717) is 5.16 Å². The Labute approximate surface area is 105 Å². The molecule has 0 amide bonds. The van der Waals surface area contributed by atoms with E-state index in [0.717, 1.165) is 0 Å². The minimum Gasteiger partial charge on any atom is -0.383 e. The Kier molecular flexibility index (Phi) is 4.21. The van der Waals surface area contributed by atoms with Crippen molar-refractivity contribution in [1.29, 1.82) is 0 Å². The van der Waals surface area contributed by atoms with Crippen molar-refractivity contribution in [3.63, 3.8) is 0 Å². The Morgan fingerprint density at radius 2 is 2.06 bits per heavy atom. The molecular formula is C11H20N4OS. The zero-order chi connectivity index (χ0) is 13.2. The first-order chi connectivity index (χ1) is 7.70. The molecule has 0 spiro atoms. The smallest absolute Gasteiger partial charge is 0.253 e. The summed E-state index contributed by atoms with van der Waals surface area (Å²) in [5.41, 5.74) is 11.3. The average Bonchev–Trinajstić information content (AvgIpc) is 2.10. The minimum atomic E-state index is -0.239. The number of nitrogens with one attached hydrogen (secondary N) is 1. The van der Waals surface area contributed by atoms with Crippen LogP contribution in [-0.2, 0) is 0 Å². The number of hydrogen-bond acceptors (Lipinski definition) is 5. The van der Waals surface area contributed by atoms with Gasteiger partial charge >= 0.3 is 0 Å². The first-order valence-corrected chi connectivity index (χ1v) is 6.37. The molecule has 1 heterocycles. The Morgan fingerprint density at radius 3 is 2.47 bits per heavy atom. The van der Waals surface area contributed by atoms with Crippen molar-refractivity contribution in [3.8, 4) is 0 Å². The molecule has 5 nitrogen and oxygen atoms in total. The van der Waals surface area contributed by atoms with Crippen LogP contribution in [0, 0.1) is 5.41 Å². The van der Waals surface area contributed by atoms with Crippen LogP contribution >= 0.6 is 11.8 Å². The molecule has 6 heteroatoms. The van der Waals surface area contributed by atoms with Crippen molar-refractivity contribution >= 4 is 17.6 Å². The van der Waals surface area contributed by atoms with Gasteiger partial charge in [-0.15, -0.1) is 0 Å². The number of nitrogens with zero attached hydrogens (tertiary/aromatic N) is 1. The minimum absolute atomic E-state index is 0.00765. The molecular weight excluding hydrogens is 236 g/mol. The topological polar surface area (TPSA) is 97.8 Å². The third-order valence-corrected chi connectivity index (χ3v) is 4.12. The number of thioether (sulfide) groups is 1. The summed E-state index contributed by atoms with van der Waals surface area (Å²) in [7, 11) is 0. The molecule has 1 aromatic heterocycles. The van der Waals surface area contributed by atoms with Gasteiger partial charge in [0, 0.05) is 17.4 Å². The number of nitrogen functional groups attached to an aromatic ring is 1. The van der Waals surface area contributed by atoms with E-state index in [9.17, 15) is 4.79 Å². The van der Waals surface area contributed by atoms with Gasteiger partial charge in [-0.3, -0.25) is 4.79 Å². The number of hydrogen-bond donors (Lipinski definition) is 3. The average molecular weight is 256 g/mol. The van der Waals surface area contributed by atoms with Gasteiger partial charge in [-0.25, -0.2) is 4.98 Å². The second kappa shape index (κ2) is 5.10. The van der Waals surface area contributed by atoms with Crippen LogP contribution in [0.15, 0.2) is 16.0 Å². The van der Waals surface area contributed by atoms with Gasteiger partial charge in [0.2, 0.25) is 0 Å². The lowest BCUT2D eigenvalue weighted by molar-refractivity contribution is 0.363. The predicted octanol–water partition coefficient (Wildman–Crippen LogP) is 1.21. The molecule has 2 atom stereocenters. The Balaban J connectivity index is 2.98. The number of aromatic nitrogens is 2. The Hall–Kier alpha value is -1.01. The highest BCUT2D eigenvalue weighted by molar-refractivity contribution is 7.99. The van der Waals surface area contributed by atoms with Crippen LogP contribution in [0.2, 0.25) is 0 Å². The fraction of sp³-hybridized carbons (Fsp3) is 0.636. The molecule has 0 radical (unpaired) electrons. The molecule has 0 fully saturated rings. The molecule has 0 bridgehead atoms. The van der Waals surface area contributed by atoms with Gasteiger partial charge in [0.1, 0.15) is 5.82 Å². The molecule has 96 valence electrons. The van der Waals surface area contributed by atoms with Gasteiger partial charge in [-0.2, -0.15) is 0 Å². The number of rotatable bonds is 3. The molecule has 1 rings (SSSR count). The number of anilines is 1. The third kappa shape index (κ3) is 4.05. The van der Waals surface area contributed by atoms with Crippen LogP contribution in [0.5, 0.6) is 0 Å². The van der Waals surface area contributed by atoms with E-state index in [-0.39, 0.29) is 28.1 Å². The van der Waals surface area contributed by atoms with Crippen molar-refractivity contribution in [2.24, 2.45) is 11.1 Å². The van der Waals surface area contributed by atoms with Gasteiger partial charge in [0.05, 0.1) is 0 Å². The normalized spacial score (nSPS) is 15.6. The molecule has 0 aliphatic heterocycles. The molecule has 0 saturated carbocycles. The fourth-order valence-corrected chi connectivity index (χ4v) is 2.83. The summed E-state index contributed by atoms with van der Waals surface area (Å²) in [5.74, 6) is 0.230. The first-order valence-electron chi connectivity index (χ1n) is 5.49. The van der Waals surface area contributed by atoms with Crippen molar-refractivity contribution in [3.05, 3.63) is 16.4 Å². The number of H-pyrrole nitrogens is 1. The summed E-state index contributed by atoms with van der Waals surface area (Å²) in [6.45, 7) is 8.28. The molecule has 0 aromatic carbocycles. The lowest BCUT2D eigenvalue weighted by Gasteiger charge is -2.32. The van der Waals surface area contributed by atoms with E-state index in [1.54, 1.807) is 0 Å². The van der Waals surface area contributed by atoms with Crippen LogP contribution in [0.3, 0.4) is 0 Å². The van der Waals surface area contributed by atoms with Crippen molar-refractivity contribution in [2.75, 3.05) is 5.73 Å². The van der Waals surface area contributed by atoms with Crippen LogP contribution < -0.4 is 17.0 Å². The highest BCUT2D eigenvalue weighted by atomic mass is 32.2. The molecule has 5 N–H and O–H groups in total. The Morgan fingerprint density at radius 1 is 1.47 bits per heavy atom. The molecule has 17 heavy (non-hydrogen) atoms. The van der Waals surface area contributed by atoms with E-state index in [1.165, 1.54) is 17.8 Å². The van der Waals surface area contributed by atoms with Crippen molar-refractivity contribution < 1.29 is 0 Å². The van der Waals surface area contributed by atoms with Crippen LogP contribution in [0.4, 0.5) is 5.82 Å². The van der Waals surface area contributed by atoms with Crippen LogP contribution in [0.1, 0.15) is 27.7 Å². The second-order valence-electron chi connectivity index (χ2n) is 5.24. The molecule has 0 aliphatic rings. The second-order valence-corrected chi connectivity index (χ2v) is 6.37. The highest BCUT2D eigenvalue weighted by Crippen LogP contribution is 2.35. The molecule has 0 aliphatic carbocycles. The molecule has 2 unspecified atom stereocenters. The van der Waals surface area contributed by atoms with Gasteiger partial charge in [-0.05, 0) is 12.3 Å². The van der Waals surface area contributed by atoms with Gasteiger partial charge < -0.3 is 16.5 Å². The van der Waals surface area contributed by atoms with E-state index in [1.807, 2.05) is 6.92 Å². The summed E-state index contributed by atoms with van der Waals surface area (Å²) in [5, 5.41) is 0.666. The van der Waals surface area contributed by atoms with Gasteiger partial charge in [0.15, 0.2) is 5.16 Å². The largest absolute Gasteiger partial charge is 0.383 e. The monoisotopic (exact) mass is 256 g/mol. The zero-order valence-corrected chi connectivity index (χ0v) is 11.5. The summed E-state index contributed by atoms with van der Waals surface area (Å²) in [6, 6.07) is 1.26. The maximum Gasteiger partial charge on any atom is 0.253 e. The van der Waals surface area contributed by atoms with Gasteiger partial charge in [0.25, 0.3) is 5.56 Å². The third-order valence-electron chi connectivity index (χ3n) is 2.31. The van der Waals surface area contributed by atoms with E-state index in [2.05, 4.69) is 30.7 Å². The lowest BCUT2D eigenvalue weighted by Crippen LogP contribution is -2.39. The summed E-state index contributed by atoms with van der Waals surface area (Å²) >= 11 is 1.46. The van der Waals surface area contributed by atoms with Crippen LogP contribution in [-0.4, -0.2) is 21.3 Å². The summed E-state index contributed by atoms with van der Waals surface area (Å²) in [4.78, 5) is 18.1. The first kappa shape index (κ1) is 14.1. The quantitative estimate of drug-likeness (QED) is 0.557.